The summed E-state index contributed by atoms with van der Waals surface area (Å²) in [5, 5.41) is 12.4. The van der Waals surface area contributed by atoms with Crippen LogP contribution >= 0.6 is 24.8 Å². The van der Waals surface area contributed by atoms with E-state index in [0.717, 1.165) is 45.1 Å². The van der Waals surface area contributed by atoms with Crippen molar-refractivity contribution >= 4 is 35.7 Å². The highest BCUT2D eigenvalue weighted by atomic mass is 35.5. The average Bonchev–Trinajstić information content (AvgIpc) is 3.42. The van der Waals surface area contributed by atoms with Crippen molar-refractivity contribution in [1.82, 2.24) is 30.1 Å². The third-order valence-corrected chi connectivity index (χ3v) is 6.47. The van der Waals surface area contributed by atoms with E-state index in [0.29, 0.717) is 29.4 Å². The molecule has 5 rings (SSSR count). The largest absolute Gasteiger partial charge is 0.337 e. The van der Waals surface area contributed by atoms with Crippen molar-refractivity contribution in [2.24, 2.45) is 0 Å². The van der Waals surface area contributed by atoms with E-state index in [-0.39, 0.29) is 42.2 Å². The molecule has 0 bridgehead atoms. The fraction of sp³-hybridized carbons (Fsp3) is 0.571. The van der Waals surface area contributed by atoms with Crippen LogP contribution in [-0.4, -0.2) is 57.0 Å². The summed E-state index contributed by atoms with van der Waals surface area (Å²) >= 11 is 0. The molecule has 2 aromatic heterocycles. The van der Waals surface area contributed by atoms with Crippen molar-refractivity contribution < 1.29 is 13.3 Å². The summed E-state index contributed by atoms with van der Waals surface area (Å²) in [7, 11) is 0. The van der Waals surface area contributed by atoms with E-state index in [4.69, 9.17) is 4.52 Å². The van der Waals surface area contributed by atoms with Gasteiger partial charge in [-0.25, -0.2) is 8.78 Å². The van der Waals surface area contributed by atoms with Crippen molar-refractivity contribution in [3.05, 3.63) is 35.4 Å². The summed E-state index contributed by atoms with van der Waals surface area (Å²) in [4.78, 5) is 7.09. The highest BCUT2D eigenvalue weighted by Gasteiger charge is 2.30. The minimum atomic E-state index is -0.943. The average molecular weight is 489 g/mol. The molecule has 1 N–H and O–H groups in total. The Balaban J connectivity index is 0.00000144. The van der Waals surface area contributed by atoms with Crippen LogP contribution < -0.4 is 5.32 Å². The number of fused-ring (bicyclic) bond motifs is 1. The number of hydrogen-bond acceptors (Lipinski definition) is 6. The van der Waals surface area contributed by atoms with Crippen LogP contribution in [0.25, 0.3) is 16.9 Å². The van der Waals surface area contributed by atoms with Crippen LogP contribution in [0, 0.1) is 11.6 Å². The number of likely N-dealkylation sites (tertiary alicyclic amines) is 1. The van der Waals surface area contributed by atoms with Gasteiger partial charge in [0.05, 0.1) is 5.69 Å². The first kappa shape index (κ1) is 24.8. The van der Waals surface area contributed by atoms with Crippen LogP contribution in [0.1, 0.15) is 50.1 Å². The van der Waals surface area contributed by atoms with Gasteiger partial charge in [0.1, 0.15) is 5.52 Å². The third kappa shape index (κ3) is 4.48. The van der Waals surface area contributed by atoms with Crippen molar-refractivity contribution in [2.75, 3.05) is 26.2 Å². The number of aryl methyl sites for hydroxylation is 1. The van der Waals surface area contributed by atoms with Crippen molar-refractivity contribution in [3.63, 3.8) is 0 Å². The number of nitrogens with one attached hydrogen (secondary N) is 1. The fourth-order valence-corrected chi connectivity index (χ4v) is 4.77. The zero-order chi connectivity index (χ0) is 20.7. The van der Waals surface area contributed by atoms with Gasteiger partial charge in [0.25, 0.3) is 5.95 Å². The van der Waals surface area contributed by atoms with Crippen LogP contribution in [0.15, 0.2) is 16.7 Å². The number of halogens is 4. The maximum atomic E-state index is 14.5. The summed E-state index contributed by atoms with van der Waals surface area (Å²) < 4.78 is 35.2. The Morgan fingerprint density at radius 1 is 1.09 bits per heavy atom. The predicted octanol–water partition coefficient (Wildman–Crippen LogP) is 4.02. The molecular weight excluding hydrogens is 461 g/mol. The van der Waals surface area contributed by atoms with Crippen LogP contribution in [0.3, 0.4) is 0 Å². The van der Waals surface area contributed by atoms with Crippen LogP contribution in [0.2, 0.25) is 0 Å². The maximum Gasteiger partial charge on any atom is 0.291 e. The smallest absolute Gasteiger partial charge is 0.291 e. The third-order valence-electron chi connectivity index (χ3n) is 6.47. The number of benzene rings is 1. The SMILES string of the molecule is CCc1nn(-c2noc(C3CCN(C4CCNCC4)CC3)n2)c2c(F)c(F)ccc12.Cl.Cl. The first-order valence-electron chi connectivity index (χ1n) is 10.8. The molecule has 0 saturated carbocycles. The molecule has 0 unspecified atom stereocenters. The Hall–Kier alpha value is -1.81. The maximum absolute atomic E-state index is 14.5. The normalized spacial score (nSPS) is 18.5. The van der Waals surface area contributed by atoms with E-state index in [1.807, 2.05) is 6.92 Å². The molecule has 2 aliphatic rings. The second kappa shape index (κ2) is 10.4. The van der Waals surface area contributed by atoms with Gasteiger partial charge >= 0.3 is 0 Å². The molecule has 1 aromatic carbocycles. The number of piperidine rings is 2. The first-order chi connectivity index (χ1) is 14.7. The van der Waals surface area contributed by atoms with E-state index in [1.54, 1.807) is 6.07 Å². The number of aromatic nitrogens is 4. The van der Waals surface area contributed by atoms with Crippen LogP contribution in [0.5, 0.6) is 0 Å². The highest BCUT2D eigenvalue weighted by Crippen LogP contribution is 2.31. The lowest BCUT2D eigenvalue weighted by atomic mass is 9.94. The predicted molar refractivity (Wildman–Crippen MR) is 122 cm³/mol. The summed E-state index contributed by atoms with van der Waals surface area (Å²) in [6, 6.07) is 3.33. The molecule has 2 fully saturated rings. The van der Waals surface area contributed by atoms with Gasteiger partial charge in [-0.1, -0.05) is 6.92 Å². The highest BCUT2D eigenvalue weighted by molar-refractivity contribution is 5.85. The summed E-state index contributed by atoms with van der Waals surface area (Å²) in [5.74, 6) is -0.978. The Kier molecular flexibility index (Phi) is 8.08. The zero-order valence-corrected chi connectivity index (χ0v) is 19.5. The van der Waals surface area contributed by atoms with Crippen molar-refractivity contribution in [3.8, 4) is 5.95 Å². The molecule has 0 aliphatic carbocycles. The first-order valence-corrected chi connectivity index (χ1v) is 10.8. The molecular formula is C21H28Cl2F2N6O. The molecule has 0 amide bonds. The van der Waals surface area contributed by atoms with Crippen molar-refractivity contribution in [2.45, 2.75) is 51.0 Å². The molecule has 0 spiro atoms. The molecule has 2 aliphatic heterocycles. The molecule has 11 heteroatoms. The Labute approximate surface area is 197 Å². The van der Waals surface area contributed by atoms with Crippen molar-refractivity contribution in [1.29, 1.82) is 0 Å². The summed E-state index contributed by atoms with van der Waals surface area (Å²) in [6.07, 6.45) is 4.89. The molecule has 176 valence electrons. The molecule has 4 heterocycles. The zero-order valence-electron chi connectivity index (χ0n) is 17.9. The quantitative estimate of drug-likeness (QED) is 0.597. The van der Waals surface area contributed by atoms with Gasteiger partial charge < -0.3 is 14.7 Å². The minimum absolute atomic E-state index is 0. The lowest BCUT2D eigenvalue weighted by Gasteiger charge is -2.38. The second-order valence-electron chi connectivity index (χ2n) is 8.19. The van der Waals surface area contributed by atoms with Gasteiger partial charge in [-0.05, 0) is 75.6 Å². The molecule has 0 radical (unpaired) electrons. The standard InChI is InChI=1S/C21H26F2N6O.2ClH/c1-2-17-15-3-4-16(22)18(23)19(15)29(26-17)21-25-20(30-27-21)13-7-11-28(12-8-13)14-5-9-24-10-6-14;;/h3-4,13-14,24H,2,5-12H2,1H3;2*1H. The van der Waals surface area contributed by atoms with E-state index < -0.39 is 11.6 Å². The Morgan fingerprint density at radius 3 is 2.50 bits per heavy atom. The Morgan fingerprint density at radius 2 is 1.81 bits per heavy atom. The van der Waals surface area contributed by atoms with E-state index in [9.17, 15) is 8.78 Å². The topological polar surface area (TPSA) is 72.0 Å². The number of nitrogens with zero attached hydrogens (tertiary/aromatic N) is 5. The lowest BCUT2D eigenvalue weighted by molar-refractivity contribution is 0.120. The molecule has 7 nitrogen and oxygen atoms in total. The van der Waals surface area contributed by atoms with Gasteiger partial charge in [-0.2, -0.15) is 14.8 Å². The molecule has 2 saturated heterocycles. The van der Waals surface area contributed by atoms with E-state index in [2.05, 4.69) is 25.5 Å². The Bertz CT molecular complexity index is 1040. The number of hydrogen-bond donors (Lipinski definition) is 1. The molecule has 3 aromatic rings. The van der Waals surface area contributed by atoms with E-state index in [1.165, 1.54) is 17.5 Å². The minimum Gasteiger partial charge on any atom is -0.337 e. The van der Waals surface area contributed by atoms with Crippen LogP contribution in [-0.2, 0) is 6.42 Å². The summed E-state index contributed by atoms with van der Waals surface area (Å²) in [6.45, 7) is 6.12. The monoisotopic (exact) mass is 488 g/mol. The lowest BCUT2D eigenvalue weighted by Crippen LogP contribution is -2.46. The number of rotatable bonds is 4. The van der Waals surface area contributed by atoms with Gasteiger partial charge in [0, 0.05) is 17.3 Å². The van der Waals surface area contributed by atoms with Gasteiger partial charge in [0.2, 0.25) is 5.89 Å². The molecule has 32 heavy (non-hydrogen) atoms. The van der Waals surface area contributed by atoms with Gasteiger partial charge in [0.15, 0.2) is 11.6 Å². The van der Waals surface area contributed by atoms with E-state index >= 15 is 0 Å². The summed E-state index contributed by atoms with van der Waals surface area (Å²) in [5.41, 5.74) is 0.727. The fourth-order valence-electron chi connectivity index (χ4n) is 4.77. The van der Waals surface area contributed by atoms with Gasteiger partial charge in [-0.3, -0.25) is 0 Å². The molecule has 0 atom stereocenters. The van der Waals surface area contributed by atoms with Gasteiger partial charge in [-0.15, -0.1) is 24.8 Å². The second-order valence-corrected chi connectivity index (χ2v) is 8.19. The van der Waals surface area contributed by atoms with Crippen LogP contribution in [0.4, 0.5) is 8.78 Å².